The van der Waals surface area contributed by atoms with Gasteiger partial charge in [-0.2, -0.15) is 0 Å². The minimum atomic E-state index is -3.37. The van der Waals surface area contributed by atoms with Gasteiger partial charge in [0.25, 0.3) is 0 Å². The first-order valence-electron chi connectivity index (χ1n) is 8.76. The van der Waals surface area contributed by atoms with Crippen LogP contribution in [0.25, 0.3) is 0 Å². The summed E-state index contributed by atoms with van der Waals surface area (Å²) in [6, 6.07) is 6.14. The molecule has 146 valence electrons. The van der Waals surface area contributed by atoms with E-state index in [2.05, 4.69) is 20.3 Å². The Kier molecular flexibility index (Phi) is 8.27. The van der Waals surface area contributed by atoms with Gasteiger partial charge in [-0.25, -0.2) is 17.5 Å². The van der Waals surface area contributed by atoms with E-state index in [0.29, 0.717) is 25.7 Å². The second-order valence-electron chi connectivity index (χ2n) is 6.13. The Balaban J connectivity index is 1.67. The Morgan fingerprint density at radius 3 is 2.69 bits per heavy atom. The molecule has 0 saturated carbocycles. The summed E-state index contributed by atoms with van der Waals surface area (Å²) in [6.07, 6.45) is 2.97. The lowest BCUT2D eigenvalue weighted by atomic mass is 10.1. The lowest BCUT2D eigenvalue weighted by Gasteiger charge is -2.22. The van der Waals surface area contributed by atoms with Crippen molar-refractivity contribution in [2.45, 2.75) is 31.9 Å². The number of nitrogens with zero attached hydrogens (tertiary/aromatic N) is 1. The van der Waals surface area contributed by atoms with Gasteiger partial charge in [0.1, 0.15) is 5.82 Å². The minimum absolute atomic E-state index is 0.0309. The number of hydrogen-bond acceptors (Lipinski definition) is 4. The first-order valence-corrected chi connectivity index (χ1v) is 10.4. The van der Waals surface area contributed by atoms with Gasteiger partial charge in [-0.1, -0.05) is 12.1 Å². The molecule has 0 radical (unpaired) electrons. The lowest BCUT2D eigenvalue weighted by Crippen LogP contribution is -2.42. The zero-order valence-corrected chi connectivity index (χ0v) is 15.8. The molecule has 1 aromatic rings. The fourth-order valence-corrected chi connectivity index (χ4v) is 3.53. The van der Waals surface area contributed by atoms with Gasteiger partial charge in [0.2, 0.25) is 10.0 Å². The molecule has 1 unspecified atom stereocenters. The van der Waals surface area contributed by atoms with Gasteiger partial charge in [0, 0.05) is 33.3 Å². The molecule has 3 N–H and O–H groups in total. The summed E-state index contributed by atoms with van der Waals surface area (Å²) in [4.78, 5) is 4.04. The normalized spacial score (nSPS) is 18.5. The van der Waals surface area contributed by atoms with Gasteiger partial charge in [-0.05, 0) is 37.0 Å². The molecule has 9 heteroatoms. The number of halogens is 1. The van der Waals surface area contributed by atoms with Crippen molar-refractivity contribution in [1.82, 2.24) is 15.4 Å². The van der Waals surface area contributed by atoms with Crippen LogP contribution in [-0.2, 0) is 21.3 Å². The molecule has 1 aliphatic rings. The average Bonchev–Trinajstić information content (AvgIpc) is 2.65. The average molecular weight is 386 g/mol. The molecule has 1 heterocycles. The summed E-state index contributed by atoms with van der Waals surface area (Å²) in [5, 5.41) is 6.02. The number of guanidine groups is 1. The Labute approximate surface area is 154 Å². The van der Waals surface area contributed by atoms with Crippen LogP contribution in [0.3, 0.4) is 0 Å². The van der Waals surface area contributed by atoms with Crippen molar-refractivity contribution in [1.29, 1.82) is 0 Å². The maximum Gasteiger partial charge on any atom is 0.213 e. The first kappa shape index (κ1) is 20.6. The summed E-state index contributed by atoms with van der Waals surface area (Å²) >= 11 is 0. The SMILES string of the molecule is CN=C(NCCS(=O)(=O)NCC1CCCCO1)NCc1ccc(F)cc1. The van der Waals surface area contributed by atoms with Crippen molar-refractivity contribution in [2.24, 2.45) is 4.99 Å². The van der Waals surface area contributed by atoms with Crippen molar-refractivity contribution in [3.05, 3.63) is 35.6 Å². The van der Waals surface area contributed by atoms with Crippen LogP contribution in [0.4, 0.5) is 4.39 Å². The molecule has 1 atom stereocenters. The van der Waals surface area contributed by atoms with E-state index in [1.807, 2.05) is 0 Å². The van der Waals surface area contributed by atoms with Crippen LogP contribution in [0.15, 0.2) is 29.3 Å². The molecule has 1 fully saturated rings. The van der Waals surface area contributed by atoms with Crippen molar-refractivity contribution < 1.29 is 17.5 Å². The maximum absolute atomic E-state index is 12.9. The quantitative estimate of drug-likeness (QED) is 0.458. The van der Waals surface area contributed by atoms with E-state index in [9.17, 15) is 12.8 Å². The van der Waals surface area contributed by atoms with E-state index in [1.165, 1.54) is 12.1 Å². The van der Waals surface area contributed by atoms with Crippen LogP contribution in [0, 0.1) is 5.82 Å². The van der Waals surface area contributed by atoms with Crippen LogP contribution in [-0.4, -0.2) is 53.0 Å². The predicted molar refractivity (Wildman–Crippen MR) is 100.0 cm³/mol. The third-order valence-electron chi connectivity index (χ3n) is 4.06. The fraction of sp³-hybridized carbons (Fsp3) is 0.588. The van der Waals surface area contributed by atoms with Crippen LogP contribution in [0.5, 0.6) is 0 Å². The topological polar surface area (TPSA) is 91.8 Å². The molecule has 0 aromatic heterocycles. The highest BCUT2D eigenvalue weighted by Crippen LogP contribution is 2.11. The first-order chi connectivity index (χ1) is 12.5. The fourth-order valence-electron chi connectivity index (χ4n) is 2.57. The third kappa shape index (κ3) is 7.67. The summed E-state index contributed by atoms with van der Waals surface area (Å²) in [7, 11) is -1.77. The van der Waals surface area contributed by atoms with Crippen LogP contribution in [0.2, 0.25) is 0 Å². The molecule has 26 heavy (non-hydrogen) atoms. The maximum atomic E-state index is 12.9. The second-order valence-corrected chi connectivity index (χ2v) is 8.06. The second kappa shape index (κ2) is 10.4. The zero-order valence-electron chi connectivity index (χ0n) is 15.0. The van der Waals surface area contributed by atoms with Gasteiger partial charge < -0.3 is 15.4 Å². The number of sulfonamides is 1. The molecular formula is C17H27FN4O3S. The largest absolute Gasteiger partial charge is 0.377 e. The van der Waals surface area contributed by atoms with E-state index in [-0.39, 0.29) is 24.2 Å². The van der Waals surface area contributed by atoms with Crippen molar-refractivity contribution >= 4 is 16.0 Å². The summed E-state index contributed by atoms with van der Waals surface area (Å²) in [5.41, 5.74) is 0.899. The van der Waals surface area contributed by atoms with Crippen molar-refractivity contribution in [3.8, 4) is 0 Å². The highest BCUT2D eigenvalue weighted by atomic mass is 32.2. The number of benzene rings is 1. The third-order valence-corrected chi connectivity index (χ3v) is 5.41. The van der Waals surface area contributed by atoms with Gasteiger partial charge in [0.05, 0.1) is 11.9 Å². The molecule has 0 spiro atoms. The zero-order chi connectivity index (χ0) is 18.8. The number of nitrogens with one attached hydrogen (secondary N) is 3. The van der Waals surface area contributed by atoms with Crippen molar-refractivity contribution in [2.75, 3.05) is 32.5 Å². The molecule has 0 amide bonds. The number of aliphatic imine (C=N–C) groups is 1. The van der Waals surface area contributed by atoms with Gasteiger partial charge in [-0.3, -0.25) is 4.99 Å². The number of hydrogen-bond donors (Lipinski definition) is 3. The number of rotatable bonds is 8. The lowest BCUT2D eigenvalue weighted by molar-refractivity contribution is 0.0200. The molecule has 1 aliphatic heterocycles. The molecule has 2 rings (SSSR count). The Morgan fingerprint density at radius 2 is 2.04 bits per heavy atom. The highest BCUT2D eigenvalue weighted by Gasteiger charge is 2.17. The molecule has 1 aromatic carbocycles. The van der Waals surface area contributed by atoms with E-state index < -0.39 is 10.0 Å². The summed E-state index contributed by atoms with van der Waals surface area (Å²) in [5.74, 6) is 0.143. The number of ether oxygens (including phenoxy) is 1. The smallest absolute Gasteiger partial charge is 0.213 e. The van der Waals surface area contributed by atoms with E-state index in [0.717, 1.165) is 24.8 Å². The van der Waals surface area contributed by atoms with Gasteiger partial charge in [-0.15, -0.1) is 0 Å². The van der Waals surface area contributed by atoms with Crippen LogP contribution >= 0.6 is 0 Å². The van der Waals surface area contributed by atoms with E-state index >= 15 is 0 Å². The minimum Gasteiger partial charge on any atom is -0.377 e. The molecule has 7 nitrogen and oxygen atoms in total. The molecule has 0 bridgehead atoms. The van der Waals surface area contributed by atoms with E-state index in [1.54, 1.807) is 19.2 Å². The monoisotopic (exact) mass is 386 g/mol. The molecular weight excluding hydrogens is 359 g/mol. The Bertz CT molecular complexity index is 674. The Morgan fingerprint density at radius 1 is 1.27 bits per heavy atom. The molecule has 1 saturated heterocycles. The highest BCUT2D eigenvalue weighted by molar-refractivity contribution is 7.89. The van der Waals surface area contributed by atoms with Crippen LogP contribution < -0.4 is 15.4 Å². The van der Waals surface area contributed by atoms with Crippen molar-refractivity contribution in [3.63, 3.8) is 0 Å². The van der Waals surface area contributed by atoms with E-state index in [4.69, 9.17) is 4.74 Å². The predicted octanol–water partition coefficient (Wildman–Crippen LogP) is 0.979. The summed E-state index contributed by atoms with van der Waals surface area (Å²) < 4.78 is 45.1. The van der Waals surface area contributed by atoms with Gasteiger partial charge in [0.15, 0.2) is 5.96 Å². The van der Waals surface area contributed by atoms with Gasteiger partial charge >= 0.3 is 0 Å². The molecule has 0 aliphatic carbocycles. The van der Waals surface area contributed by atoms with Crippen LogP contribution in [0.1, 0.15) is 24.8 Å². The summed E-state index contributed by atoms with van der Waals surface area (Å²) in [6.45, 7) is 1.71. The standard InChI is InChI=1S/C17H27FN4O3S/c1-19-17(21-12-14-5-7-15(18)8-6-14)20-9-11-26(23,24)22-13-16-4-2-3-10-25-16/h5-8,16,22H,2-4,9-13H2,1H3,(H2,19,20,21). The Hall–Kier alpha value is -1.71.